The second-order valence-electron chi connectivity index (χ2n) is 6.00. The molecule has 3 aromatic rings. The van der Waals surface area contributed by atoms with E-state index in [1.54, 1.807) is 30.3 Å². The van der Waals surface area contributed by atoms with Crippen molar-refractivity contribution in [3.8, 4) is 11.5 Å². The van der Waals surface area contributed by atoms with Gasteiger partial charge in [-0.3, -0.25) is 0 Å². The lowest BCUT2D eigenvalue weighted by Crippen LogP contribution is -2.29. The molecule has 1 unspecified atom stereocenters. The van der Waals surface area contributed by atoms with Crippen LogP contribution in [-0.4, -0.2) is 27.9 Å². The normalized spacial score (nSPS) is 13.2. The predicted molar refractivity (Wildman–Crippen MR) is 90.8 cm³/mol. The first-order valence-electron chi connectivity index (χ1n) is 7.81. The number of hydrogen-bond donors (Lipinski definition) is 1. The maximum Gasteiger partial charge on any atom is 0.338 e. The molecular weight excluding hydrogens is 320 g/mol. The van der Waals surface area contributed by atoms with Gasteiger partial charge in [-0.25, -0.2) is 4.79 Å². The average Bonchev–Trinajstić information content (AvgIpc) is 3.12. The number of aliphatic hydroxyl groups is 1. The van der Waals surface area contributed by atoms with Crippen molar-refractivity contribution in [1.29, 1.82) is 0 Å². The molecule has 0 radical (unpaired) electrons. The van der Waals surface area contributed by atoms with Crippen molar-refractivity contribution in [1.82, 2.24) is 10.2 Å². The van der Waals surface area contributed by atoms with E-state index in [4.69, 9.17) is 9.15 Å². The number of rotatable bonds is 5. The molecule has 6 heteroatoms. The monoisotopic (exact) mass is 338 g/mol. The van der Waals surface area contributed by atoms with Crippen LogP contribution in [0.3, 0.4) is 0 Å². The molecule has 1 N–H and O–H groups in total. The Labute approximate surface area is 145 Å². The van der Waals surface area contributed by atoms with E-state index in [0.717, 1.165) is 11.1 Å². The molecule has 0 aliphatic carbocycles. The Bertz CT molecular complexity index is 872. The van der Waals surface area contributed by atoms with Crippen LogP contribution in [0.1, 0.15) is 28.7 Å². The summed E-state index contributed by atoms with van der Waals surface area (Å²) in [6.45, 7) is 3.12. The Morgan fingerprint density at radius 3 is 2.64 bits per heavy atom. The second kappa shape index (κ2) is 6.86. The quantitative estimate of drug-likeness (QED) is 0.720. The molecule has 0 bridgehead atoms. The summed E-state index contributed by atoms with van der Waals surface area (Å²) in [7, 11) is 0. The summed E-state index contributed by atoms with van der Waals surface area (Å²) in [5.74, 6) is -0.238. The largest absolute Gasteiger partial charge is 0.458 e. The molecule has 0 saturated heterocycles. The molecule has 128 valence electrons. The summed E-state index contributed by atoms with van der Waals surface area (Å²) >= 11 is 0. The van der Waals surface area contributed by atoms with Gasteiger partial charge in [0.15, 0.2) is 5.60 Å². The third kappa shape index (κ3) is 3.92. The van der Waals surface area contributed by atoms with E-state index >= 15 is 0 Å². The van der Waals surface area contributed by atoms with Crippen molar-refractivity contribution < 1.29 is 19.1 Å². The van der Waals surface area contributed by atoms with Gasteiger partial charge in [0.1, 0.15) is 6.61 Å². The van der Waals surface area contributed by atoms with Crippen molar-refractivity contribution in [3.05, 3.63) is 71.6 Å². The van der Waals surface area contributed by atoms with Gasteiger partial charge in [0.25, 0.3) is 5.89 Å². The van der Waals surface area contributed by atoms with Crippen LogP contribution < -0.4 is 0 Å². The van der Waals surface area contributed by atoms with Crippen LogP contribution in [0.15, 0.2) is 59.0 Å². The lowest BCUT2D eigenvalue weighted by molar-refractivity contribution is -0.0392. The number of aryl methyl sites for hydroxylation is 1. The van der Waals surface area contributed by atoms with Gasteiger partial charge < -0.3 is 14.3 Å². The van der Waals surface area contributed by atoms with Crippen LogP contribution in [0.25, 0.3) is 11.5 Å². The van der Waals surface area contributed by atoms with E-state index in [1.807, 2.05) is 31.2 Å². The van der Waals surface area contributed by atoms with Crippen LogP contribution in [0.5, 0.6) is 0 Å². The maximum atomic E-state index is 12.0. The highest BCUT2D eigenvalue weighted by Crippen LogP contribution is 2.25. The molecule has 25 heavy (non-hydrogen) atoms. The van der Waals surface area contributed by atoms with Gasteiger partial charge in [-0.1, -0.05) is 35.9 Å². The van der Waals surface area contributed by atoms with E-state index in [9.17, 15) is 9.90 Å². The van der Waals surface area contributed by atoms with Gasteiger partial charge in [-0.15, -0.1) is 10.2 Å². The van der Waals surface area contributed by atoms with Gasteiger partial charge in [0, 0.05) is 5.56 Å². The number of aromatic nitrogens is 2. The topological polar surface area (TPSA) is 85.5 Å². The zero-order valence-corrected chi connectivity index (χ0v) is 14.0. The molecular formula is C19H18N2O4. The lowest BCUT2D eigenvalue weighted by Gasteiger charge is -2.18. The summed E-state index contributed by atoms with van der Waals surface area (Å²) in [6, 6.07) is 16.1. The van der Waals surface area contributed by atoms with Crippen LogP contribution in [0, 0.1) is 6.92 Å². The smallest absolute Gasteiger partial charge is 0.338 e. The van der Waals surface area contributed by atoms with Crippen molar-refractivity contribution >= 4 is 5.97 Å². The number of carbonyl (C=O) groups is 1. The summed E-state index contributed by atoms with van der Waals surface area (Å²) in [5, 5.41) is 18.4. The van der Waals surface area contributed by atoms with E-state index < -0.39 is 11.6 Å². The Hall–Kier alpha value is -2.99. The van der Waals surface area contributed by atoms with Crippen LogP contribution in [-0.2, 0) is 10.3 Å². The van der Waals surface area contributed by atoms with E-state index in [-0.39, 0.29) is 12.5 Å². The van der Waals surface area contributed by atoms with Crippen LogP contribution in [0.4, 0.5) is 0 Å². The molecule has 0 spiro atoms. The summed E-state index contributed by atoms with van der Waals surface area (Å²) in [5.41, 5.74) is 0.639. The number of carbonyl (C=O) groups excluding carboxylic acids is 1. The molecule has 0 saturated carbocycles. The minimum Gasteiger partial charge on any atom is -0.458 e. The SMILES string of the molecule is Cc1cccc(-c2nnc(C(C)(O)COC(=O)c3ccccc3)o2)c1. The number of hydrogen-bond acceptors (Lipinski definition) is 6. The molecule has 1 heterocycles. The zero-order valence-electron chi connectivity index (χ0n) is 14.0. The highest BCUT2D eigenvalue weighted by Gasteiger charge is 2.32. The molecule has 3 rings (SSSR count). The molecule has 0 amide bonds. The highest BCUT2D eigenvalue weighted by molar-refractivity contribution is 5.89. The second-order valence-corrected chi connectivity index (χ2v) is 6.00. The molecule has 1 atom stereocenters. The Kier molecular flexibility index (Phi) is 4.63. The van der Waals surface area contributed by atoms with Gasteiger partial charge in [-0.05, 0) is 38.1 Å². The maximum absolute atomic E-state index is 12.0. The summed E-state index contributed by atoms with van der Waals surface area (Å²) in [6.07, 6.45) is 0. The third-order valence-electron chi connectivity index (χ3n) is 3.64. The van der Waals surface area contributed by atoms with E-state index in [0.29, 0.717) is 11.5 Å². The number of nitrogens with zero attached hydrogens (tertiary/aromatic N) is 2. The fourth-order valence-electron chi connectivity index (χ4n) is 2.26. The van der Waals surface area contributed by atoms with Crippen LogP contribution in [0.2, 0.25) is 0 Å². The lowest BCUT2D eigenvalue weighted by atomic mass is 10.1. The summed E-state index contributed by atoms with van der Waals surface area (Å²) in [4.78, 5) is 12.0. The van der Waals surface area contributed by atoms with Gasteiger partial charge in [0.05, 0.1) is 5.56 Å². The fourth-order valence-corrected chi connectivity index (χ4v) is 2.26. The molecule has 0 aliphatic rings. The predicted octanol–water partition coefficient (Wildman–Crippen LogP) is 3.11. The average molecular weight is 338 g/mol. The van der Waals surface area contributed by atoms with Gasteiger partial charge >= 0.3 is 5.97 Å². The molecule has 2 aromatic carbocycles. The zero-order chi connectivity index (χ0) is 17.9. The number of ether oxygens (including phenoxy) is 1. The summed E-state index contributed by atoms with van der Waals surface area (Å²) < 4.78 is 10.7. The van der Waals surface area contributed by atoms with Crippen molar-refractivity contribution in [3.63, 3.8) is 0 Å². The number of esters is 1. The van der Waals surface area contributed by atoms with Crippen molar-refractivity contribution in [2.75, 3.05) is 6.61 Å². The Morgan fingerprint density at radius 2 is 1.92 bits per heavy atom. The van der Waals surface area contributed by atoms with Gasteiger partial charge in [0.2, 0.25) is 5.89 Å². The van der Waals surface area contributed by atoms with E-state index in [1.165, 1.54) is 6.92 Å². The minimum absolute atomic E-state index is 0.00938. The van der Waals surface area contributed by atoms with Crippen molar-refractivity contribution in [2.45, 2.75) is 19.4 Å². The van der Waals surface area contributed by atoms with Gasteiger partial charge in [-0.2, -0.15) is 0 Å². The first-order valence-corrected chi connectivity index (χ1v) is 7.81. The highest BCUT2D eigenvalue weighted by atomic mass is 16.5. The Morgan fingerprint density at radius 1 is 1.16 bits per heavy atom. The fraction of sp³-hybridized carbons (Fsp3) is 0.211. The van der Waals surface area contributed by atoms with Crippen LogP contribution >= 0.6 is 0 Å². The molecule has 6 nitrogen and oxygen atoms in total. The molecule has 0 aliphatic heterocycles. The van der Waals surface area contributed by atoms with E-state index in [2.05, 4.69) is 10.2 Å². The minimum atomic E-state index is -1.58. The molecule has 0 fully saturated rings. The first-order chi connectivity index (χ1) is 12.0. The standard InChI is InChI=1S/C19H18N2O4/c1-13-7-6-10-15(11-13)16-20-21-18(25-16)19(2,23)12-24-17(22)14-8-4-3-5-9-14/h3-11,23H,12H2,1-2H3. The molecule has 1 aromatic heterocycles. The third-order valence-corrected chi connectivity index (χ3v) is 3.64. The Balaban J connectivity index is 1.71. The van der Waals surface area contributed by atoms with Crippen molar-refractivity contribution in [2.24, 2.45) is 0 Å². The first kappa shape index (κ1) is 16.9. The number of benzene rings is 2.